The lowest BCUT2D eigenvalue weighted by Gasteiger charge is -2.42. The molecule has 2 aliphatic heterocycles. The molecule has 6 heteroatoms. The number of rotatable bonds is 6. The summed E-state index contributed by atoms with van der Waals surface area (Å²) < 4.78 is 5.58. The number of ether oxygens (including phenoxy) is 1. The van der Waals surface area contributed by atoms with Crippen LogP contribution in [0.15, 0.2) is 54.6 Å². The summed E-state index contributed by atoms with van der Waals surface area (Å²) >= 11 is 6.08. The number of aryl methyl sites for hydroxylation is 1. The molecule has 2 heterocycles. The maximum atomic E-state index is 13.7. The Bertz CT molecular complexity index is 902. The van der Waals surface area contributed by atoms with Crippen LogP contribution in [-0.4, -0.2) is 49.1 Å². The van der Waals surface area contributed by atoms with Gasteiger partial charge in [-0.15, -0.1) is 0 Å². The average molecular weight is 455 g/mol. The van der Waals surface area contributed by atoms with Crippen LogP contribution in [0.4, 0.5) is 0 Å². The van der Waals surface area contributed by atoms with E-state index in [0.717, 1.165) is 24.8 Å². The molecule has 5 nitrogen and oxygen atoms in total. The van der Waals surface area contributed by atoms with Crippen LogP contribution in [0, 0.1) is 0 Å². The number of amides is 2. The molecule has 2 aromatic carbocycles. The second-order valence-electron chi connectivity index (χ2n) is 8.82. The SMILES string of the molecule is O=C(CCc1ccccc1)NC1CCN(C(=O)C2(c3ccc(Cl)cc3)CCOCC2)CC1. The zero-order chi connectivity index (χ0) is 22.4. The van der Waals surface area contributed by atoms with Crippen LogP contribution >= 0.6 is 11.6 Å². The molecule has 0 unspecified atom stereocenters. The third-order valence-corrected chi connectivity index (χ3v) is 7.04. The van der Waals surface area contributed by atoms with Crippen LogP contribution < -0.4 is 5.32 Å². The minimum absolute atomic E-state index is 0.0840. The summed E-state index contributed by atoms with van der Waals surface area (Å²) in [7, 11) is 0. The Morgan fingerprint density at radius 1 is 1.00 bits per heavy atom. The molecule has 1 N–H and O–H groups in total. The summed E-state index contributed by atoms with van der Waals surface area (Å²) in [4.78, 5) is 28.1. The van der Waals surface area contributed by atoms with Crippen molar-refractivity contribution in [3.63, 3.8) is 0 Å². The molecule has 2 aliphatic rings. The van der Waals surface area contributed by atoms with Gasteiger partial charge in [-0.3, -0.25) is 9.59 Å². The van der Waals surface area contributed by atoms with Gasteiger partial charge in [-0.25, -0.2) is 0 Å². The van der Waals surface area contributed by atoms with E-state index in [1.165, 1.54) is 5.56 Å². The highest BCUT2D eigenvalue weighted by Gasteiger charge is 2.44. The lowest BCUT2D eigenvalue weighted by atomic mass is 9.72. The van der Waals surface area contributed by atoms with Gasteiger partial charge in [-0.1, -0.05) is 54.1 Å². The summed E-state index contributed by atoms with van der Waals surface area (Å²) in [5.41, 5.74) is 1.65. The van der Waals surface area contributed by atoms with E-state index in [2.05, 4.69) is 5.32 Å². The fourth-order valence-corrected chi connectivity index (χ4v) is 4.97. The minimum Gasteiger partial charge on any atom is -0.381 e. The van der Waals surface area contributed by atoms with E-state index in [0.29, 0.717) is 50.6 Å². The Morgan fingerprint density at radius 2 is 1.66 bits per heavy atom. The fraction of sp³-hybridized carbons (Fsp3) is 0.462. The van der Waals surface area contributed by atoms with Crippen LogP contribution in [0.2, 0.25) is 5.02 Å². The van der Waals surface area contributed by atoms with Gasteiger partial charge in [0.25, 0.3) is 0 Å². The van der Waals surface area contributed by atoms with Gasteiger partial charge in [0, 0.05) is 43.8 Å². The predicted octanol–water partition coefficient (Wildman–Crippen LogP) is 4.13. The first-order chi connectivity index (χ1) is 15.6. The monoisotopic (exact) mass is 454 g/mol. The van der Waals surface area contributed by atoms with E-state index in [1.54, 1.807) is 0 Å². The van der Waals surface area contributed by atoms with Gasteiger partial charge >= 0.3 is 0 Å². The number of likely N-dealkylation sites (tertiary alicyclic amines) is 1. The van der Waals surface area contributed by atoms with E-state index in [4.69, 9.17) is 16.3 Å². The molecule has 4 rings (SSSR count). The standard InChI is InChI=1S/C26H31ClN2O3/c27-22-9-7-21(8-10-22)26(14-18-32-19-15-26)25(31)29-16-12-23(13-17-29)28-24(30)11-6-20-4-2-1-3-5-20/h1-5,7-10,23H,6,11-19H2,(H,28,30). The number of piperidine rings is 1. The second-order valence-corrected chi connectivity index (χ2v) is 9.26. The topological polar surface area (TPSA) is 58.6 Å². The van der Waals surface area contributed by atoms with E-state index in [-0.39, 0.29) is 17.9 Å². The molecule has 2 aromatic rings. The van der Waals surface area contributed by atoms with Gasteiger partial charge < -0.3 is 15.0 Å². The molecule has 0 atom stereocenters. The number of carbonyl (C=O) groups excluding carboxylic acids is 2. The molecule has 170 valence electrons. The Labute approximate surface area is 195 Å². The second kappa shape index (κ2) is 10.5. The van der Waals surface area contributed by atoms with Crippen molar-refractivity contribution < 1.29 is 14.3 Å². The molecule has 0 saturated carbocycles. The fourth-order valence-electron chi connectivity index (χ4n) is 4.85. The first-order valence-corrected chi connectivity index (χ1v) is 11.9. The number of hydrogen-bond donors (Lipinski definition) is 1. The molecular formula is C26H31ClN2O3. The highest BCUT2D eigenvalue weighted by molar-refractivity contribution is 6.30. The zero-order valence-corrected chi connectivity index (χ0v) is 19.2. The maximum Gasteiger partial charge on any atom is 0.233 e. The average Bonchev–Trinajstić information content (AvgIpc) is 2.84. The van der Waals surface area contributed by atoms with Gasteiger partial charge in [0.1, 0.15) is 0 Å². The molecule has 2 saturated heterocycles. The summed E-state index contributed by atoms with van der Waals surface area (Å²) in [6.45, 7) is 2.50. The molecule has 0 aliphatic carbocycles. The van der Waals surface area contributed by atoms with Gasteiger partial charge in [-0.05, 0) is 55.4 Å². The van der Waals surface area contributed by atoms with Crippen molar-refractivity contribution in [3.05, 3.63) is 70.7 Å². The van der Waals surface area contributed by atoms with E-state index in [1.807, 2.05) is 59.5 Å². The Hall–Kier alpha value is -2.37. The first-order valence-electron chi connectivity index (χ1n) is 11.5. The van der Waals surface area contributed by atoms with Crippen LogP contribution in [0.1, 0.15) is 43.2 Å². The number of benzene rings is 2. The number of carbonyl (C=O) groups is 2. The zero-order valence-electron chi connectivity index (χ0n) is 18.4. The number of nitrogens with zero attached hydrogens (tertiary/aromatic N) is 1. The van der Waals surface area contributed by atoms with Crippen molar-refractivity contribution >= 4 is 23.4 Å². The Kier molecular flexibility index (Phi) is 7.48. The van der Waals surface area contributed by atoms with Crippen molar-refractivity contribution in [2.24, 2.45) is 0 Å². The molecular weight excluding hydrogens is 424 g/mol. The van der Waals surface area contributed by atoms with Gasteiger partial charge in [0.2, 0.25) is 11.8 Å². The minimum atomic E-state index is -0.547. The van der Waals surface area contributed by atoms with Crippen LogP contribution in [0.25, 0.3) is 0 Å². The summed E-state index contributed by atoms with van der Waals surface area (Å²) in [6.07, 6.45) is 4.18. The normalized spacial score (nSPS) is 18.8. The summed E-state index contributed by atoms with van der Waals surface area (Å²) in [6, 6.07) is 17.9. The largest absolute Gasteiger partial charge is 0.381 e. The highest BCUT2D eigenvalue weighted by atomic mass is 35.5. The lowest BCUT2D eigenvalue weighted by Crippen LogP contribution is -2.54. The molecule has 2 fully saturated rings. The van der Waals surface area contributed by atoms with Crippen LogP contribution in [0.3, 0.4) is 0 Å². The third-order valence-electron chi connectivity index (χ3n) is 6.78. The van der Waals surface area contributed by atoms with Crippen molar-refractivity contribution in [3.8, 4) is 0 Å². The lowest BCUT2D eigenvalue weighted by molar-refractivity contribution is -0.142. The summed E-state index contributed by atoms with van der Waals surface area (Å²) in [5.74, 6) is 0.262. The smallest absolute Gasteiger partial charge is 0.233 e. The predicted molar refractivity (Wildman–Crippen MR) is 126 cm³/mol. The highest BCUT2D eigenvalue weighted by Crippen LogP contribution is 2.38. The number of nitrogens with one attached hydrogen (secondary N) is 1. The van der Waals surface area contributed by atoms with Crippen LogP contribution in [0.5, 0.6) is 0 Å². The quantitative estimate of drug-likeness (QED) is 0.714. The van der Waals surface area contributed by atoms with E-state index < -0.39 is 5.41 Å². The Morgan fingerprint density at radius 3 is 2.31 bits per heavy atom. The summed E-state index contributed by atoms with van der Waals surface area (Å²) in [5, 5.41) is 3.84. The molecule has 0 spiro atoms. The van der Waals surface area contributed by atoms with Crippen molar-refractivity contribution in [2.45, 2.75) is 50.0 Å². The third kappa shape index (κ3) is 5.33. The first kappa shape index (κ1) is 22.8. The van der Waals surface area contributed by atoms with E-state index in [9.17, 15) is 9.59 Å². The number of halogens is 1. The van der Waals surface area contributed by atoms with Crippen molar-refractivity contribution in [1.29, 1.82) is 0 Å². The maximum absolute atomic E-state index is 13.7. The Balaban J connectivity index is 1.32. The molecule has 0 radical (unpaired) electrons. The molecule has 2 amide bonds. The molecule has 32 heavy (non-hydrogen) atoms. The van der Waals surface area contributed by atoms with Gasteiger partial charge in [-0.2, -0.15) is 0 Å². The van der Waals surface area contributed by atoms with Crippen molar-refractivity contribution in [2.75, 3.05) is 26.3 Å². The molecule has 0 aromatic heterocycles. The van der Waals surface area contributed by atoms with Gasteiger partial charge in [0.15, 0.2) is 0 Å². The van der Waals surface area contributed by atoms with E-state index >= 15 is 0 Å². The number of hydrogen-bond acceptors (Lipinski definition) is 3. The molecule has 0 bridgehead atoms. The van der Waals surface area contributed by atoms with Crippen LogP contribution in [-0.2, 0) is 26.2 Å². The van der Waals surface area contributed by atoms with Gasteiger partial charge in [0.05, 0.1) is 5.41 Å². The van der Waals surface area contributed by atoms with Crippen molar-refractivity contribution in [1.82, 2.24) is 10.2 Å².